The molecule has 1 aliphatic heterocycles. The highest BCUT2D eigenvalue weighted by atomic mass is 35.5. The number of aromatic carboxylic acids is 1. The standard InChI is InChI=1S/C19H18ClNO4/c20-15-6-3-5-14(10-15)17-12-21(8-9-25-17)18(22)11-13-4-1-2-7-16(13)19(23)24/h1-7,10,17H,8-9,11-12H2,(H,23,24). The number of carbonyl (C=O) groups is 2. The highest BCUT2D eigenvalue weighted by Gasteiger charge is 2.26. The van der Waals surface area contributed by atoms with Gasteiger partial charge in [-0.25, -0.2) is 4.79 Å². The summed E-state index contributed by atoms with van der Waals surface area (Å²) >= 11 is 6.03. The van der Waals surface area contributed by atoms with Crippen molar-refractivity contribution in [3.63, 3.8) is 0 Å². The first-order valence-corrected chi connectivity index (χ1v) is 8.38. The molecule has 2 aromatic carbocycles. The lowest BCUT2D eigenvalue weighted by Gasteiger charge is -2.33. The molecule has 5 nitrogen and oxygen atoms in total. The summed E-state index contributed by atoms with van der Waals surface area (Å²) in [6.07, 6.45) is -0.170. The van der Waals surface area contributed by atoms with Gasteiger partial charge in [0.25, 0.3) is 0 Å². The van der Waals surface area contributed by atoms with Crippen LogP contribution in [0.1, 0.15) is 27.6 Å². The third-order valence-corrected chi connectivity index (χ3v) is 4.46. The van der Waals surface area contributed by atoms with Gasteiger partial charge in [0.2, 0.25) is 5.91 Å². The minimum atomic E-state index is -1.03. The monoisotopic (exact) mass is 359 g/mol. The molecule has 1 atom stereocenters. The maximum Gasteiger partial charge on any atom is 0.335 e. The number of morpholine rings is 1. The van der Waals surface area contributed by atoms with Gasteiger partial charge in [0.05, 0.1) is 25.1 Å². The molecule has 1 fully saturated rings. The molecule has 0 aromatic heterocycles. The molecule has 0 bridgehead atoms. The second kappa shape index (κ2) is 7.68. The van der Waals surface area contributed by atoms with Crippen molar-refractivity contribution in [1.82, 2.24) is 4.90 Å². The molecular weight excluding hydrogens is 342 g/mol. The van der Waals surface area contributed by atoms with E-state index in [1.165, 1.54) is 6.07 Å². The van der Waals surface area contributed by atoms with Crippen molar-refractivity contribution in [2.24, 2.45) is 0 Å². The van der Waals surface area contributed by atoms with Crippen molar-refractivity contribution in [2.75, 3.05) is 19.7 Å². The predicted molar refractivity (Wildman–Crippen MR) is 93.8 cm³/mol. The van der Waals surface area contributed by atoms with E-state index in [9.17, 15) is 14.7 Å². The van der Waals surface area contributed by atoms with Gasteiger partial charge in [-0.1, -0.05) is 41.9 Å². The van der Waals surface area contributed by atoms with E-state index in [-0.39, 0.29) is 24.0 Å². The number of carboxylic acid groups (broad SMARTS) is 1. The van der Waals surface area contributed by atoms with Crippen molar-refractivity contribution in [3.05, 3.63) is 70.2 Å². The Morgan fingerprint density at radius 3 is 2.76 bits per heavy atom. The lowest BCUT2D eigenvalue weighted by molar-refractivity contribution is -0.138. The van der Waals surface area contributed by atoms with Gasteiger partial charge in [0.1, 0.15) is 6.10 Å². The minimum Gasteiger partial charge on any atom is -0.478 e. The second-order valence-corrected chi connectivity index (χ2v) is 6.33. The van der Waals surface area contributed by atoms with Crippen LogP contribution in [0.5, 0.6) is 0 Å². The zero-order valence-corrected chi connectivity index (χ0v) is 14.3. The first kappa shape index (κ1) is 17.5. The fourth-order valence-electron chi connectivity index (χ4n) is 2.94. The molecule has 3 rings (SSSR count). The number of hydrogen-bond acceptors (Lipinski definition) is 3. The normalized spacial score (nSPS) is 17.3. The second-order valence-electron chi connectivity index (χ2n) is 5.89. The summed E-state index contributed by atoms with van der Waals surface area (Å²) in [6.45, 7) is 1.35. The molecule has 1 N–H and O–H groups in total. The van der Waals surface area contributed by atoms with Crippen molar-refractivity contribution < 1.29 is 19.4 Å². The maximum absolute atomic E-state index is 12.6. The number of hydrogen-bond donors (Lipinski definition) is 1. The summed E-state index contributed by atoms with van der Waals surface area (Å²) in [5.41, 5.74) is 1.61. The van der Waals surface area contributed by atoms with Crippen LogP contribution >= 0.6 is 11.6 Å². The molecule has 2 aromatic rings. The summed E-state index contributed by atoms with van der Waals surface area (Å²) in [5.74, 6) is -1.13. The van der Waals surface area contributed by atoms with Gasteiger partial charge in [-0.05, 0) is 29.3 Å². The van der Waals surface area contributed by atoms with Crippen LogP contribution in [0.4, 0.5) is 0 Å². The van der Waals surface area contributed by atoms with Crippen LogP contribution in [-0.4, -0.2) is 41.6 Å². The number of carbonyl (C=O) groups excluding carboxylic acids is 1. The molecule has 1 heterocycles. The van der Waals surface area contributed by atoms with Crippen molar-refractivity contribution >= 4 is 23.5 Å². The molecule has 0 saturated carbocycles. The number of amides is 1. The average Bonchev–Trinajstić information content (AvgIpc) is 2.62. The van der Waals surface area contributed by atoms with E-state index >= 15 is 0 Å². The van der Waals surface area contributed by atoms with Gasteiger partial charge in [-0.3, -0.25) is 4.79 Å². The number of ether oxygens (including phenoxy) is 1. The van der Waals surface area contributed by atoms with Crippen molar-refractivity contribution in [1.29, 1.82) is 0 Å². The largest absolute Gasteiger partial charge is 0.478 e. The summed E-state index contributed by atoms with van der Waals surface area (Å²) in [5, 5.41) is 9.87. The summed E-state index contributed by atoms with van der Waals surface area (Å²) < 4.78 is 5.76. The van der Waals surface area contributed by atoms with Crippen LogP contribution in [0, 0.1) is 0 Å². The van der Waals surface area contributed by atoms with E-state index in [4.69, 9.17) is 16.3 Å². The van der Waals surface area contributed by atoms with Crippen LogP contribution < -0.4 is 0 Å². The Labute approximate surface area is 150 Å². The zero-order chi connectivity index (χ0) is 17.8. The molecule has 130 valence electrons. The Bertz CT molecular complexity index is 792. The first-order valence-electron chi connectivity index (χ1n) is 8.00. The minimum absolute atomic E-state index is 0.0603. The molecule has 1 aliphatic rings. The van der Waals surface area contributed by atoms with Crippen LogP contribution in [0.3, 0.4) is 0 Å². The number of benzene rings is 2. The quantitative estimate of drug-likeness (QED) is 0.910. The highest BCUT2D eigenvalue weighted by Crippen LogP contribution is 2.25. The lowest BCUT2D eigenvalue weighted by Crippen LogP contribution is -2.43. The van der Waals surface area contributed by atoms with Gasteiger partial charge < -0.3 is 14.7 Å². The fourth-order valence-corrected chi connectivity index (χ4v) is 3.14. The van der Waals surface area contributed by atoms with Gasteiger partial charge in [0.15, 0.2) is 0 Å². The Morgan fingerprint density at radius 2 is 2.00 bits per heavy atom. The highest BCUT2D eigenvalue weighted by molar-refractivity contribution is 6.30. The lowest BCUT2D eigenvalue weighted by atomic mass is 10.0. The Kier molecular flexibility index (Phi) is 5.36. The molecule has 25 heavy (non-hydrogen) atoms. The molecule has 1 amide bonds. The fraction of sp³-hybridized carbons (Fsp3) is 0.263. The summed E-state index contributed by atoms with van der Waals surface area (Å²) in [4.78, 5) is 25.6. The molecule has 0 spiro atoms. The smallest absolute Gasteiger partial charge is 0.335 e. The van der Waals surface area contributed by atoms with E-state index < -0.39 is 5.97 Å². The Morgan fingerprint density at radius 1 is 1.20 bits per heavy atom. The molecular formula is C19H18ClNO4. The van der Waals surface area contributed by atoms with Gasteiger partial charge in [0, 0.05) is 11.6 Å². The van der Waals surface area contributed by atoms with Gasteiger partial charge in [-0.2, -0.15) is 0 Å². The third kappa shape index (κ3) is 4.18. The summed E-state index contributed by atoms with van der Waals surface area (Å²) in [6, 6.07) is 14.0. The van der Waals surface area contributed by atoms with Crippen LogP contribution in [0.15, 0.2) is 48.5 Å². The molecule has 6 heteroatoms. The van der Waals surface area contributed by atoms with Crippen LogP contribution in [-0.2, 0) is 16.0 Å². The number of carboxylic acids is 1. The third-order valence-electron chi connectivity index (χ3n) is 4.23. The molecule has 0 aliphatic carbocycles. The van der Waals surface area contributed by atoms with Crippen LogP contribution in [0.2, 0.25) is 5.02 Å². The van der Waals surface area contributed by atoms with Gasteiger partial charge in [-0.15, -0.1) is 0 Å². The molecule has 1 saturated heterocycles. The SMILES string of the molecule is O=C(O)c1ccccc1CC(=O)N1CCOC(c2cccc(Cl)c2)C1. The maximum atomic E-state index is 12.6. The molecule has 0 radical (unpaired) electrons. The zero-order valence-electron chi connectivity index (χ0n) is 13.5. The van der Waals surface area contributed by atoms with Gasteiger partial charge >= 0.3 is 5.97 Å². The van der Waals surface area contributed by atoms with Crippen LogP contribution in [0.25, 0.3) is 0 Å². The van der Waals surface area contributed by atoms with Crippen molar-refractivity contribution in [2.45, 2.75) is 12.5 Å². The Hall–Kier alpha value is -2.37. The van der Waals surface area contributed by atoms with E-state index in [1.807, 2.05) is 18.2 Å². The van der Waals surface area contributed by atoms with E-state index in [0.29, 0.717) is 30.3 Å². The Balaban J connectivity index is 1.71. The van der Waals surface area contributed by atoms with E-state index in [1.54, 1.807) is 29.2 Å². The number of nitrogens with zero attached hydrogens (tertiary/aromatic N) is 1. The topological polar surface area (TPSA) is 66.8 Å². The van der Waals surface area contributed by atoms with Crippen molar-refractivity contribution in [3.8, 4) is 0 Å². The summed E-state index contributed by atoms with van der Waals surface area (Å²) in [7, 11) is 0. The van der Waals surface area contributed by atoms with E-state index in [0.717, 1.165) is 5.56 Å². The number of halogens is 1. The molecule has 1 unspecified atom stereocenters. The first-order chi connectivity index (χ1) is 12.0. The van der Waals surface area contributed by atoms with E-state index in [2.05, 4.69) is 0 Å². The number of rotatable bonds is 4. The average molecular weight is 360 g/mol. The predicted octanol–water partition coefficient (Wildman–Crippen LogP) is 3.18.